The zero-order chi connectivity index (χ0) is 16.4. The van der Waals surface area contributed by atoms with Gasteiger partial charge in [0, 0.05) is 22.0 Å². The molecule has 25 heavy (non-hydrogen) atoms. The Kier molecular flexibility index (Phi) is 5.85. The van der Waals surface area contributed by atoms with Crippen molar-refractivity contribution in [2.24, 2.45) is 0 Å². The maximum absolute atomic E-state index is 12.3. The van der Waals surface area contributed by atoms with Crippen molar-refractivity contribution in [2.45, 2.75) is 18.8 Å². The summed E-state index contributed by atoms with van der Waals surface area (Å²) in [5.74, 6) is 0.313. The van der Waals surface area contributed by atoms with Crippen LogP contribution >= 0.6 is 35.1 Å². The van der Waals surface area contributed by atoms with Gasteiger partial charge in [0.25, 0.3) is 5.91 Å². The summed E-state index contributed by atoms with van der Waals surface area (Å²) in [7, 11) is 0. The first-order chi connectivity index (χ1) is 11.8. The van der Waals surface area contributed by atoms with Gasteiger partial charge in [-0.05, 0) is 37.9 Å². The van der Waals surface area contributed by atoms with Gasteiger partial charge >= 0.3 is 0 Å². The monoisotopic (exact) mass is 396 g/mol. The van der Waals surface area contributed by atoms with Crippen LogP contribution in [0, 0.1) is 0 Å². The van der Waals surface area contributed by atoms with E-state index in [4.69, 9.17) is 4.42 Å². The van der Waals surface area contributed by atoms with E-state index in [-0.39, 0.29) is 18.3 Å². The van der Waals surface area contributed by atoms with Crippen molar-refractivity contribution in [3.8, 4) is 10.6 Å². The average molecular weight is 397 g/mol. The maximum Gasteiger partial charge on any atom is 0.276 e. The van der Waals surface area contributed by atoms with Crippen molar-refractivity contribution >= 4 is 46.1 Å². The van der Waals surface area contributed by atoms with E-state index < -0.39 is 0 Å². The molecule has 1 fully saturated rings. The molecule has 0 radical (unpaired) electrons. The number of aromatic nitrogens is 2. The lowest BCUT2D eigenvalue weighted by atomic mass is 9.97. The van der Waals surface area contributed by atoms with Crippen LogP contribution in [0.2, 0.25) is 0 Å². The summed E-state index contributed by atoms with van der Waals surface area (Å²) in [6.07, 6.45) is 7.33. The molecule has 3 aromatic rings. The Hall–Kier alpha value is -1.74. The Morgan fingerprint density at radius 1 is 1.36 bits per heavy atom. The minimum Gasteiger partial charge on any atom is -0.472 e. The summed E-state index contributed by atoms with van der Waals surface area (Å²) in [6.45, 7) is 2.08. The molecule has 0 saturated carbocycles. The van der Waals surface area contributed by atoms with Crippen LogP contribution in [-0.4, -0.2) is 29.0 Å². The molecule has 6 nitrogen and oxygen atoms in total. The molecule has 1 aliphatic heterocycles. The van der Waals surface area contributed by atoms with Gasteiger partial charge in [-0.3, -0.25) is 10.1 Å². The van der Waals surface area contributed by atoms with E-state index in [0.29, 0.717) is 16.7 Å². The molecular weight excluding hydrogens is 380 g/mol. The number of piperidine rings is 1. The zero-order valence-electron chi connectivity index (χ0n) is 13.2. The Morgan fingerprint density at radius 2 is 2.20 bits per heavy atom. The van der Waals surface area contributed by atoms with E-state index in [1.165, 1.54) is 16.2 Å². The van der Waals surface area contributed by atoms with Gasteiger partial charge in [-0.25, -0.2) is 9.97 Å². The first kappa shape index (κ1) is 18.1. The fourth-order valence-electron chi connectivity index (χ4n) is 2.70. The number of nitrogens with zero attached hydrogens (tertiary/aromatic N) is 2. The quantitative estimate of drug-likeness (QED) is 0.696. The molecule has 0 atom stereocenters. The first-order valence-electron chi connectivity index (χ1n) is 7.75. The second-order valence-electron chi connectivity index (χ2n) is 5.60. The summed E-state index contributed by atoms with van der Waals surface area (Å²) >= 11 is 2.97. The van der Waals surface area contributed by atoms with Gasteiger partial charge in [0.05, 0.1) is 6.26 Å². The molecule has 0 spiro atoms. The molecule has 4 heterocycles. The molecule has 4 rings (SSSR count). The third kappa shape index (κ3) is 4.09. The highest BCUT2D eigenvalue weighted by atomic mass is 35.5. The van der Waals surface area contributed by atoms with E-state index in [1.807, 2.05) is 12.3 Å². The highest BCUT2D eigenvalue weighted by Crippen LogP contribution is 2.32. The Labute approximate surface area is 159 Å². The molecule has 0 bridgehead atoms. The third-order valence-corrected chi connectivity index (χ3v) is 5.96. The molecule has 1 amide bonds. The molecule has 2 N–H and O–H groups in total. The molecule has 1 aliphatic rings. The summed E-state index contributed by atoms with van der Waals surface area (Å²) in [6, 6.07) is 1.83. The normalized spacial score (nSPS) is 14.9. The van der Waals surface area contributed by atoms with E-state index >= 15 is 0 Å². The van der Waals surface area contributed by atoms with Gasteiger partial charge in [-0.15, -0.1) is 35.1 Å². The van der Waals surface area contributed by atoms with Gasteiger partial charge < -0.3 is 9.73 Å². The topological polar surface area (TPSA) is 80.0 Å². The van der Waals surface area contributed by atoms with Crippen LogP contribution in [0.3, 0.4) is 0 Å². The zero-order valence-corrected chi connectivity index (χ0v) is 15.7. The second-order valence-corrected chi connectivity index (χ2v) is 7.52. The number of nitrogens with one attached hydrogen (secondary N) is 2. The molecule has 1 saturated heterocycles. The number of hydrogen-bond donors (Lipinski definition) is 2. The highest BCUT2D eigenvalue weighted by molar-refractivity contribution is 7.16. The van der Waals surface area contributed by atoms with Crippen LogP contribution in [-0.2, 0) is 0 Å². The summed E-state index contributed by atoms with van der Waals surface area (Å²) in [5.41, 5.74) is 1.27. The van der Waals surface area contributed by atoms with Crippen LogP contribution in [0.4, 0.5) is 5.13 Å². The predicted molar refractivity (Wildman–Crippen MR) is 102 cm³/mol. The van der Waals surface area contributed by atoms with Crippen molar-refractivity contribution in [2.75, 3.05) is 18.4 Å². The molecule has 0 aromatic carbocycles. The lowest BCUT2D eigenvalue weighted by Gasteiger charge is -2.20. The van der Waals surface area contributed by atoms with Crippen molar-refractivity contribution in [1.82, 2.24) is 15.3 Å². The van der Waals surface area contributed by atoms with Gasteiger partial charge in [-0.1, -0.05) is 0 Å². The standard InChI is InChI=1S/C16H16N4O2S2.ClH/c21-14(12-9-23-15(19-12)11-3-6-22-8-11)20-16-18-7-13(24-16)10-1-4-17-5-2-10;/h3,6-10,17H,1-2,4-5H2,(H,18,20,21);1H. The Morgan fingerprint density at radius 3 is 2.96 bits per heavy atom. The Balaban J connectivity index is 0.00000182. The SMILES string of the molecule is Cl.O=C(Nc1ncc(C2CCNCC2)s1)c1csc(-c2ccoc2)n1. The van der Waals surface area contributed by atoms with Crippen molar-refractivity contribution in [3.05, 3.63) is 40.7 Å². The van der Waals surface area contributed by atoms with E-state index in [1.54, 1.807) is 29.2 Å². The Bertz CT molecular complexity index is 825. The summed E-state index contributed by atoms with van der Waals surface area (Å²) in [5, 5.41) is 9.36. The van der Waals surface area contributed by atoms with Crippen molar-refractivity contribution in [1.29, 1.82) is 0 Å². The number of carbonyl (C=O) groups excluding carboxylic acids is 1. The van der Waals surface area contributed by atoms with Gasteiger partial charge in [0.15, 0.2) is 5.13 Å². The highest BCUT2D eigenvalue weighted by Gasteiger charge is 2.19. The van der Waals surface area contributed by atoms with Gasteiger partial charge in [0.1, 0.15) is 17.0 Å². The fraction of sp³-hybridized carbons (Fsp3) is 0.312. The number of halogens is 1. The number of anilines is 1. The van der Waals surface area contributed by atoms with Gasteiger partial charge in [-0.2, -0.15) is 0 Å². The smallest absolute Gasteiger partial charge is 0.276 e. The average Bonchev–Trinajstić information content (AvgIpc) is 3.36. The van der Waals surface area contributed by atoms with Crippen LogP contribution in [0.15, 0.2) is 34.6 Å². The van der Waals surface area contributed by atoms with Crippen molar-refractivity contribution in [3.63, 3.8) is 0 Å². The van der Waals surface area contributed by atoms with Crippen LogP contribution in [0.25, 0.3) is 10.6 Å². The van der Waals surface area contributed by atoms with E-state index in [2.05, 4.69) is 20.6 Å². The van der Waals surface area contributed by atoms with Crippen LogP contribution in [0.1, 0.15) is 34.1 Å². The van der Waals surface area contributed by atoms with E-state index in [9.17, 15) is 4.79 Å². The first-order valence-corrected chi connectivity index (χ1v) is 9.45. The van der Waals surface area contributed by atoms with Crippen LogP contribution in [0.5, 0.6) is 0 Å². The largest absolute Gasteiger partial charge is 0.472 e. The molecule has 0 aliphatic carbocycles. The summed E-state index contributed by atoms with van der Waals surface area (Å²) < 4.78 is 5.05. The summed E-state index contributed by atoms with van der Waals surface area (Å²) in [4.78, 5) is 22.3. The fourth-order valence-corrected chi connectivity index (χ4v) is 4.46. The van der Waals surface area contributed by atoms with Crippen molar-refractivity contribution < 1.29 is 9.21 Å². The molecular formula is C16H17ClN4O2S2. The number of thiazole rings is 2. The maximum atomic E-state index is 12.3. The molecule has 3 aromatic heterocycles. The number of carbonyl (C=O) groups is 1. The second kappa shape index (κ2) is 8.09. The van der Waals surface area contributed by atoms with E-state index in [0.717, 1.165) is 36.5 Å². The number of rotatable bonds is 4. The number of amides is 1. The minimum absolute atomic E-state index is 0. The third-order valence-electron chi connectivity index (χ3n) is 3.99. The molecule has 9 heteroatoms. The van der Waals surface area contributed by atoms with Crippen LogP contribution < -0.4 is 10.6 Å². The molecule has 132 valence electrons. The molecule has 0 unspecified atom stereocenters. The number of furan rings is 1. The minimum atomic E-state index is -0.229. The lowest BCUT2D eigenvalue weighted by molar-refractivity contribution is 0.102. The number of hydrogen-bond acceptors (Lipinski definition) is 7. The lowest BCUT2D eigenvalue weighted by Crippen LogP contribution is -2.26. The van der Waals surface area contributed by atoms with Gasteiger partial charge in [0.2, 0.25) is 0 Å². The predicted octanol–water partition coefficient (Wildman–Crippen LogP) is 4.00.